The molecule has 55 heavy (non-hydrogen) atoms. The number of nitrogens with zero attached hydrogens (tertiary/aromatic N) is 3. The Labute approximate surface area is 323 Å². The topological polar surface area (TPSA) is 38.7 Å². The second-order valence-electron chi connectivity index (χ2n) is 13.6. The van der Waals surface area contributed by atoms with Crippen LogP contribution in [0, 0.1) is 0 Å². The second-order valence-corrected chi connectivity index (χ2v) is 14.7. The van der Waals surface area contributed by atoms with Gasteiger partial charge in [0.15, 0.2) is 17.5 Å². The molecule has 0 fully saturated rings. The van der Waals surface area contributed by atoms with Crippen LogP contribution in [0.4, 0.5) is 0 Å². The van der Waals surface area contributed by atoms with E-state index in [1.807, 2.05) is 23.5 Å². The van der Waals surface area contributed by atoms with Gasteiger partial charge in [-0.3, -0.25) is 0 Å². The number of aromatic nitrogens is 3. The van der Waals surface area contributed by atoms with Crippen molar-refractivity contribution >= 4 is 31.5 Å². The molecule has 0 aliphatic carbocycles. The Balaban J connectivity index is 1.09. The van der Waals surface area contributed by atoms with E-state index < -0.39 is 0 Å². The molecule has 0 radical (unpaired) electrons. The van der Waals surface area contributed by atoms with Gasteiger partial charge in [-0.15, -0.1) is 11.3 Å². The molecule has 0 aliphatic rings. The van der Waals surface area contributed by atoms with Crippen LogP contribution < -0.4 is 0 Å². The van der Waals surface area contributed by atoms with Crippen LogP contribution in [0.15, 0.2) is 200 Å². The molecule has 8 aromatic carbocycles. The van der Waals surface area contributed by atoms with Crippen molar-refractivity contribution in [2.75, 3.05) is 0 Å². The van der Waals surface area contributed by atoms with Crippen molar-refractivity contribution in [3.05, 3.63) is 200 Å². The molecule has 0 amide bonds. The lowest BCUT2D eigenvalue weighted by Crippen LogP contribution is -2.02. The number of benzene rings is 8. The fourth-order valence-corrected chi connectivity index (χ4v) is 8.56. The lowest BCUT2D eigenvalue weighted by atomic mass is 9.96. The molecule has 0 saturated carbocycles. The van der Waals surface area contributed by atoms with E-state index in [9.17, 15) is 0 Å². The molecule has 2 heterocycles. The average molecular weight is 720 g/mol. The summed E-state index contributed by atoms with van der Waals surface area (Å²) >= 11 is 1.84. The molecule has 10 rings (SSSR count). The van der Waals surface area contributed by atoms with Crippen LogP contribution in [-0.4, -0.2) is 15.0 Å². The number of hydrogen-bond acceptors (Lipinski definition) is 4. The average Bonchev–Trinajstić information content (AvgIpc) is 3.65. The Hall–Kier alpha value is -7.01. The zero-order valence-corrected chi connectivity index (χ0v) is 30.6. The molecular formula is C51H33N3S. The first-order valence-corrected chi connectivity index (χ1v) is 19.3. The van der Waals surface area contributed by atoms with Crippen molar-refractivity contribution in [3.63, 3.8) is 0 Å². The fourth-order valence-electron chi connectivity index (χ4n) is 7.41. The van der Waals surface area contributed by atoms with Crippen LogP contribution in [-0.2, 0) is 0 Å². The van der Waals surface area contributed by atoms with Crippen LogP contribution in [0.3, 0.4) is 0 Å². The van der Waals surface area contributed by atoms with Gasteiger partial charge in [0, 0.05) is 36.9 Å². The Morgan fingerprint density at radius 3 is 1.29 bits per heavy atom. The van der Waals surface area contributed by atoms with Gasteiger partial charge in [-0.2, -0.15) is 0 Å². The third kappa shape index (κ3) is 6.29. The molecule has 0 bridgehead atoms. The van der Waals surface area contributed by atoms with Crippen LogP contribution in [0.2, 0.25) is 0 Å². The van der Waals surface area contributed by atoms with Crippen LogP contribution in [0.5, 0.6) is 0 Å². The van der Waals surface area contributed by atoms with Gasteiger partial charge >= 0.3 is 0 Å². The maximum absolute atomic E-state index is 5.23. The van der Waals surface area contributed by atoms with Crippen LogP contribution in [0.25, 0.3) is 98.8 Å². The van der Waals surface area contributed by atoms with E-state index in [1.165, 1.54) is 36.9 Å². The predicted molar refractivity (Wildman–Crippen MR) is 231 cm³/mol. The summed E-state index contributed by atoms with van der Waals surface area (Å²) in [7, 11) is 0. The number of thiophene rings is 1. The molecule has 0 saturated heterocycles. The van der Waals surface area contributed by atoms with Gasteiger partial charge in [0.1, 0.15) is 0 Å². The van der Waals surface area contributed by atoms with E-state index in [2.05, 4.69) is 188 Å². The van der Waals surface area contributed by atoms with Crippen molar-refractivity contribution < 1.29 is 0 Å². The van der Waals surface area contributed by atoms with Gasteiger partial charge in [-0.1, -0.05) is 188 Å². The van der Waals surface area contributed by atoms with E-state index in [4.69, 9.17) is 15.0 Å². The van der Waals surface area contributed by atoms with Crippen molar-refractivity contribution in [1.29, 1.82) is 0 Å². The smallest absolute Gasteiger partial charge is 0.164 e. The van der Waals surface area contributed by atoms with Gasteiger partial charge in [0.2, 0.25) is 0 Å². The highest BCUT2D eigenvalue weighted by atomic mass is 32.1. The highest BCUT2D eigenvalue weighted by molar-refractivity contribution is 7.25. The molecular weight excluding hydrogens is 687 g/mol. The summed E-state index contributed by atoms with van der Waals surface area (Å²) < 4.78 is 2.60. The molecule has 0 spiro atoms. The van der Waals surface area contributed by atoms with Crippen molar-refractivity contribution in [1.82, 2.24) is 15.0 Å². The Kier molecular flexibility index (Phi) is 8.36. The minimum absolute atomic E-state index is 0.628. The maximum atomic E-state index is 5.23. The van der Waals surface area contributed by atoms with Gasteiger partial charge in [-0.25, -0.2) is 15.0 Å². The number of fused-ring (bicyclic) bond motifs is 3. The summed E-state index contributed by atoms with van der Waals surface area (Å²) in [6, 6.07) is 70.4. The lowest BCUT2D eigenvalue weighted by molar-refractivity contribution is 1.07. The van der Waals surface area contributed by atoms with E-state index in [0.717, 1.165) is 44.5 Å². The quantitative estimate of drug-likeness (QED) is 0.165. The van der Waals surface area contributed by atoms with Gasteiger partial charge in [0.05, 0.1) is 0 Å². The maximum Gasteiger partial charge on any atom is 0.164 e. The minimum atomic E-state index is 0.628. The Morgan fingerprint density at radius 2 is 0.655 bits per heavy atom. The molecule has 2 aromatic heterocycles. The normalized spacial score (nSPS) is 11.3. The standard InChI is InChI=1S/C51H33N3S/c1-3-13-34(14-4-1)35-23-27-38(28-24-35)42-18-8-10-21-46(42)51-53-49(52-50(54-51)45-20-9-7-17-41(45)37-15-5-2-6-16-37)39-29-25-36(26-30-39)40-31-32-44-43-19-11-12-22-47(43)55-48(44)33-40/h1-33H. The van der Waals surface area contributed by atoms with E-state index in [0.29, 0.717) is 17.5 Å². The first kappa shape index (κ1) is 32.6. The van der Waals surface area contributed by atoms with Gasteiger partial charge < -0.3 is 0 Å². The Bertz CT molecular complexity index is 2950. The summed E-state index contributed by atoms with van der Waals surface area (Å²) in [5.74, 6) is 1.89. The van der Waals surface area contributed by atoms with Crippen molar-refractivity contribution in [3.8, 4) is 78.7 Å². The molecule has 0 N–H and O–H groups in total. The number of hydrogen-bond donors (Lipinski definition) is 0. The summed E-state index contributed by atoms with van der Waals surface area (Å²) in [5.41, 5.74) is 11.9. The summed E-state index contributed by atoms with van der Waals surface area (Å²) in [5, 5.41) is 2.61. The van der Waals surface area contributed by atoms with Crippen LogP contribution in [0.1, 0.15) is 0 Å². The highest BCUT2D eigenvalue weighted by Gasteiger charge is 2.18. The molecule has 4 heteroatoms. The van der Waals surface area contributed by atoms with E-state index in [1.54, 1.807) is 0 Å². The predicted octanol–water partition coefficient (Wildman–Crippen LogP) is 13.9. The summed E-state index contributed by atoms with van der Waals surface area (Å²) in [6.07, 6.45) is 0. The molecule has 258 valence electrons. The largest absolute Gasteiger partial charge is 0.208 e. The van der Waals surface area contributed by atoms with Crippen LogP contribution >= 0.6 is 11.3 Å². The lowest BCUT2D eigenvalue weighted by Gasteiger charge is -2.14. The third-order valence-electron chi connectivity index (χ3n) is 10.2. The molecule has 0 aliphatic heterocycles. The summed E-state index contributed by atoms with van der Waals surface area (Å²) in [6.45, 7) is 0. The molecule has 0 atom stereocenters. The van der Waals surface area contributed by atoms with Crippen molar-refractivity contribution in [2.24, 2.45) is 0 Å². The Morgan fingerprint density at radius 1 is 0.255 bits per heavy atom. The zero-order valence-electron chi connectivity index (χ0n) is 29.8. The zero-order chi connectivity index (χ0) is 36.6. The summed E-state index contributed by atoms with van der Waals surface area (Å²) in [4.78, 5) is 15.6. The van der Waals surface area contributed by atoms with Crippen molar-refractivity contribution in [2.45, 2.75) is 0 Å². The van der Waals surface area contributed by atoms with Gasteiger partial charge in [0.25, 0.3) is 0 Å². The number of rotatable bonds is 7. The molecule has 3 nitrogen and oxygen atoms in total. The van der Waals surface area contributed by atoms with Gasteiger partial charge in [-0.05, 0) is 56.6 Å². The SMILES string of the molecule is c1ccc(-c2ccc(-c3ccccc3-c3nc(-c4ccc(-c5ccc6c(c5)sc5ccccc56)cc4)nc(-c4ccccc4-c4ccccc4)n3)cc2)cc1. The first-order valence-electron chi connectivity index (χ1n) is 18.4. The van der Waals surface area contributed by atoms with E-state index >= 15 is 0 Å². The minimum Gasteiger partial charge on any atom is -0.208 e. The highest BCUT2D eigenvalue weighted by Crippen LogP contribution is 2.38. The fraction of sp³-hybridized carbons (Fsp3) is 0. The van der Waals surface area contributed by atoms with E-state index in [-0.39, 0.29) is 0 Å². The second kappa shape index (κ2) is 14.1. The third-order valence-corrected chi connectivity index (χ3v) is 11.3. The monoisotopic (exact) mass is 719 g/mol. The molecule has 0 unspecified atom stereocenters. The molecule has 10 aromatic rings. The first-order chi connectivity index (χ1) is 27.2.